The van der Waals surface area contributed by atoms with Crippen LogP contribution in [-0.2, 0) is 27.2 Å². The molecule has 200 valence electrons. The lowest BCUT2D eigenvalue weighted by molar-refractivity contribution is -0.130. The number of nitrogens with zero attached hydrogens (tertiary/aromatic N) is 1. The van der Waals surface area contributed by atoms with Crippen LogP contribution in [0.5, 0.6) is 0 Å². The van der Waals surface area contributed by atoms with E-state index >= 15 is 0 Å². The summed E-state index contributed by atoms with van der Waals surface area (Å²) in [4.78, 5) is 27.7. The van der Waals surface area contributed by atoms with Crippen molar-refractivity contribution in [2.75, 3.05) is 26.9 Å². The van der Waals surface area contributed by atoms with Gasteiger partial charge in [-0.2, -0.15) is 0 Å². The highest BCUT2D eigenvalue weighted by atomic mass is 19.1. The molecule has 1 aromatic rings. The Morgan fingerprint density at radius 1 is 1.31 bits per heavy atom. The fourth-order valence-electron chi connectivity index (χ4n) is 4.63. The SMILES string of the molecule is CCC[C@H](N[C@H]1CCc2cc(F)cc(F)c2C1)C(=O)NC1=CN(C(C)(C)C(=O)NCCCOC)CN1. The van der Waals surface area contributed by atoms with Gasteiger partial charge >= 0.3 is 0 Å². The first kappa shape index (κ1) is 27.9. The zero-order valence-electron chi connectivity index (χ0n) is 21.7. The number of aryl methyl sites for hydroxylation is 1. The molecular weight excluding hydrogens is 468 g/mol. The summed E-state index contributed by atoms with van der Waals surface area (Å²) in [6, 6.07) is 1.78. The molecule has 0 bridgehead atoms. The number of amides is 2. The third-order valence-corrected chi connectivity index (χ3v) is 6.86. The molecule has 0 unspecified atom stereocenters. The minimum Gasteiger partial charge on any atom is -0.385 e. The molecule has 2 amide bonds. The predicted octanol–water partition coefficient (Wildman–Crippen LogP) is 2.29. The number of fused-ring (bicyclic) bond motifs is 1. The number of nitrogens with one attached hydrogen (secondary N) is 4. The van der Waals surface area contributed by atoms with Crippen LogP contribution in [0.4, 0.5) is 8.78 Å². The second-order valence-corrected chi connectivity index (χ2v) is 9.97. The van der Waals surface area contributed by atoms with Gasteiger partial charge in [-0.05, 0) is 63.1 Å². The average molecular weight is 508 g/mol. The van der Waals surface area contributed by atoms with Gasteiger partial charge < -0.3 is 30.9 Å². The van der Waals surface area contributed by atoms with Gasteiger partial charge in [-0.3, -0.25) is 9.59 Å². The minimum atomic E-state index is -0.813. The number of hydrogen-bond donors (Lipinski definition) is 4. The summed E-state index contributed by atoms with van der Waals surface area (Å²) in [7, 11) is 1.62. The van der Waals surface area contributed by atoms with Gasteiger partial charge in [-0.25, -0.2) is 8.78 Å². The van der Waals surface area contributed by atoms with Crippen molar-refractivity contribution in [3.05, 3.63) is 46.9 Å². The maximum absolute atomic E-state index is 14.3. The topological polar surface area (TPSA) is 94.7 Å². The zero-order chi connectivity index (χ0) is 26.3. The number of halogens is 2. The number of rotatable bonds is 12. The summed E-state index contributed by atoms with van der Waals surface area (Å²) < 4.78 is 32.9. The van der Waals surface area contributed by atoms with Gasteiger partial charge in [0.1, 0.15) is 23.0 Å². The number of carbonyl (C=O) groups is 2. The molecule has 8 nitrogen and oxygen atoms in total. The third kappa shape index (κ3) is 6.94. The van der Waals surface area contributed by atoms with Crippen LogP contribution in [0.3, 0.4) is 0 Å². The smallest absolute Gasteiger partial charge is 0.245 e. The van der Waals surface area contributed by atoms with Crippen molar-refractivity contribution >= 4 is 11.8 Å². The molecule has 3 rings (SSSR count). The normalized spacial score (nSPS) is 18.2. The first-order chi connectivity index (χ1) is 17.1. The molecule has 0 saturated heterocycles. The van der Waals surface area contributed by atoms with E-state index in [9.17, 15) is 18.4 Å². The molecule has 0 fully saturated rings. The van der Waals surface area contributed by atoms with Crippen molar-refractivity contribution in [3.8, 4) is 0 Å². The van der Waals surface area contributed by atoms with E-state index < -0.39 is 23.2 Å². The standard InChI is InChI=1S/C26H39F2N5O3/c1-5-7-22(31-19-9-8-17-12-18(27)13-21(28)20(17)14-19)24(34)32-23-15-33(16-30-23)26(2,3)25(35)29-10-6-11-36-4/h12-13,15,19,22,30-31H,5-11,14,16H2,1-4H3,(H,29,35)(H,32,34)/t19-,22-/m0/s1. The molecule has 4 N–H and O–H groups in total. The summed E-state index contributed by atoms with van der Waals surface area (Å²) >= 11 is 0. The van der Waals surface area contributed by atoms with E-state index in [0.717, 1.165) is 18.9 Å². The second kappa shape index (κ2) is 12.5. The fourth-order valence-corrected chi connectivity index (χ4v) is 4.63. The molecule has 1 aromatic carbocycles. The molecular formula is C26H39F2N5O3. The highest BCUT2D eigenvalue weighted by Crippen LogP contribution is 2.26. The van der Waals surface area contributed by atoms with Gasteiger partial charge in [-0.1, -0.05) is 13.3 Å². The third-order valence-electron chi connectivity index (χ3n) is 6.86. The molecule has 1 heterocycles. The van der Waals surface area contributed by atoms with Crippen LogP contribution in [-0.4, -0.2) is 61.3 Å². The molecule has 0 radical (unpaired) electrons. The van der Waals surface area contributed by atoms with Crippen molar-refractivity contribution < 1.29 is 23.1 Å². The Bertz CT molecular complexity index is 969. The van der Waals surface area contributed by atoms with Gasteiger partial charge in [0.2, 0.25) is 11.8 Å². The number of hydrogen-bond acceptors (Lipinski definition) is 6. The van der Waals surface area contributed by atoms with Crippen molar-refractivity contribution in [3.63, 3.8) is 0 Å². The quantitative estimate of drug-likeness (QED) is 0.325. The predicted molar refractivity (Wildman–Crippen MR) is 134 cm³/mol. The Labute approximate surface area is 212 Å². The van der Waals surface area contributed by atoms with Crippen LogP contribution in [0.2, 0.25) is 0 Å². The molecule has 36 heavy (non-hydrogen) atoms. The molecule has 2 aliphatic rings. The van der Waals surface area contributed by atoms with Crippen LogP contribution in [0.1, 0.15) is 57.6 Å². The summed E-state index contributed by atoms with van der Waals surface area (Å²) in [5.41, 5.74) is 0.411. The highest BCUT2D eigenvalue weighted by molar-refractivity contribution is 5.86. The van der Waals surface area contributed by atoms with E-state index in [1.165, 1.54) is 6.07 Å². The maximum Gasteiger partial charge on any atom is 0.245 e. The minimum absolute atomic E-state index is 0.0810. The molecule has 1 aliphatic heterocycles. The Morgan fingerprint density at radius 3 is 2.81 bits per heavy atom. The molecule has 0 saturated carbocycles. The van der Waals surface area contributed by atoms with Gasteiger partial charge in [0.25, 0.3) is 0 Å². The van der Waals surface area contributed by atoms with Gasteiger partial charge in [-0.15, -0.1) is 0 Å². The largest absolute Gasteiger partial charge is 0.385 e. The van der Waals surface area contributed by atoms with Crippen LogP contribution in [0.25, 0.3) is 0 Å². The van der Waals surface area contributed by atoms with Gasteiger partial charge in [0, 0.05) is 38.6 Å². The molecule has 10 heteroatoms. The van der Waals surface area contributed by atoms with Crippen molar-refractivity contribution in [1.29, 1.82) is 0 Å². The van der Waals surface area contributed by atoms with E-state index in [0.29, 0.717) is 62.5 Å². The molecule has 1 aliphatic carbocycles. The van der Waals surface area contributed by atoms with Crippen molar-refractivity contribution in [1.82, 2.24) is 26.2 Å². The van der Waals surface area contributed by atoms with E-state index in [1.54, 1.807) is 13.3 Å². The monoisotopic (exact) mass is 507 g/mol. The molecule has 2 atom stereocenters. The Morgan fingerprint density at radius 2 is 2.08 bits per heavy atom. The van der Waals surface area contributed by atoms with Crippen LogP contribution >= 0.6 is 0 Å². The number of methoxy groups -OCH3 is 1. The van der Waals surface area contributed by atoms with Crippen LogP contribution in [0, 0.1) is 11.6 Å². The number of carbonyl (C=O) groups excluding carboxylic acids is 2. The lowest BCUT2D eigenvalue weighted by Gasteiger charge is -2.33. The average Bonchev–Trinajstić information content (AvgIpc) is 3.31. The molecule has 0 spiro atoms. The molecule has 0 aromatic heterocycles. The summed E-state index contributed by atoms with van der Waals surface area (Å²) in [5.74, 6) is -0.861. The first-order valence-corrected chi connectivity index (χ1v) is 12.7. The second-order valence-electron chi connectivity index (χ2n) is 9.97. The Kier molecular flexibility index (Phi) is 9.67. The van der Waals surface area contributed by atoms with Crippen molar-refractivity contribution in [2.45, 2.75) is 76.9 Å². The summed E-state index contributed by atoms with van der Waals surface area (Å²) in [6.45, 7) is 7.15. The Hall–Kier alpha value is -2.72. The first-order valence-electron chi connectivity index (χ1n) is 12.7. The van der Waals surface area contributed by atoms with E-state index in [2.05, 4.69) is 21.3 Å². The lowest BCUT2D eigenvalue weighted by Crippen LogP contribution is -2.53. The summed E-state index contributed by atoms with van der Waals surface area (Å²) in [6.07, 6.45) is 5.57. The number of ether oxygens (including phenoxy) is 1. The van der Waals surface area contributed by atoms with Gasteiger partial charge in [0.15, 0.2) is 0 Å². The van der Waals surface area contributed by atoms with E-state index in [1.807, 2.05) is 25.7 Å². The lowest BCUT2D eigenvalue weighted by atomic mass is 9.87. The summed E-state index contributed by atoms with van der Waals surface area (Å²) in [5, 5.41) is 12.4. The maximum atomic E-state index is 14.3. The highest BCUT2D eigenvalue weighted by Gasteiger charge is 2.36. The van der Waals surface area contributed by atoms with E-state index in [-0.39, 0.29) is 17.9 Å². The van der Waals surface area contributed by atoms with Crippen LogP contribution < -0.4 is 21.3 Å². The van der Waals surface area contributed by atoms with E-state index in [4.69, 9.17) is 4.74 Å². The van der Waals surface area contributed by atoms with Crippen LogP contribution in [0.15, 0.2) is 24.2 Å². The number of benzene rings is 1. The fraction of sp³-hybridized carbons (Fsp3) is 0.615. The van der Waals surface area contributed by atoms with Gasteiger partial charge in [0.05, 0.1) is 12.7 Å². The van der Waals surface area contributed by atoms with Crippen molar-refractivity contribution in [2.24, 2.45) is 0 Å². The zero-order valence-corrected chi connectivity index (χ0v) is 21.7. The Balaban J connectivity index is 1.58.